The molecule has 1 saturated heterocycles. The second-order valence-corrected chi connectivity index (χ2v) is 4.92. The van der Waals surface area contributed by atoms with Crippen molar-refractivity contribution >= 4 is 0 Å². The van der Waals surface area contributed by atoms with Crippen molar-refractivity contribution in [3.63, 3.8) is 0 Å². The molecule has 1 aromatic rings. The molecule has 1 fully saturated rings. The van der Waals surface area contributed by atoms with Crippen LogP contribution in [0.25, 0.3) is 0 Å². The van der Waals surface area contributed by atoms with Gasteiger partial charge in [-0.05, 0) is 36.5 Å². The van der Waals surface area contributed by atoms with Gasteiger partial charge in [-0.3, -0.25) is 4.90 Å². The van der Waals surface area contributed by atoms with Crippen LogP contribution in [0, 0.1) is 17.2 Å². The number of aliphatic hydroxyl groups is 1. The highest BCUT2D eigenvalue weighted by molar-refractivity contribution is 5.25. The van der Waals surface area contributed by atoms with Gasteiger partial charge in [-0.1, -0.05) is 6.92 Å². The van der Waals surface area contributed by atoms with E-state index in [0.717, 1.165) is 38.0 Å². The summed E-state index contributed by atoms with van der Waals surface area (Å²) in [5, 5.41) is 18.7. The van der Waals surface area contributed by atoms with Gasteiger partial charge in [0.1, 0.15) is 11.8 Å². The summed E-state index contributed by atoms with van der Waals surface area (Å²) in [5.74, 6) is 0.371. The molecule has 2 unspecified atom stereocenters. The molecule has 96 valence electrons. The van der Waals surface area contributed by atoms with Gasteiger partial charge < -0.3 is 5.11 Å². The first-order valence-electron chi connectivity index (χ1n) is 6.48. The van der Waals surface area contributed by atoms with Crippen molar-refractivity contribution in [3.8, 4) is 6.07 Å². The minimum Gasteiger partial charge on any atom is -0.393 e. The summed E-state index contributed by atoms with van der Waals surface area (Å²) in [6.45, 7) is 4.81. The fourth-order valence-corrected chi connectivity index (χ4v) is 2.53. The van der Waals surface area contributed by atoms with Crippen LogP contribution in [0.15, 0.2) is 18.3 Å². The van der Waals surface area contributed by atoms with Crippen molar-refractivity contribution < 1.29 is 5.11 Å². The Morgan fingerprint density at radius 3 is 3.17 bits per heavy atom. The van der Waals surface area contributed by atoms with E-state index in [2.05, 4.69) is 22.9 Å². The zero-order valence-corrected chi connectivity index (χ0v) is 10.7. The molecule has 1 aliphatic rings. The van der Waals surface area contributed by atoms with Crippen molar-refractivity contribution in [2.75, 3.05) is 13.1 Å². The van der Waals surface area contributed by atoms with E-state index in [4.69, 9.17) is 5.26 Å². The maximum atomic E-state index is 9.86. The lowest BCUT2D eigenvalue weighted by atomic mass is 9.92. The lowest BCUT2D eigenvalue weighted by molar-refractivity contribution is 0.0222. The second kappa shape index (κ2) is 5.94. The highest BCUT2D eigenvalue weighted by Crippen LogP contribution is 2.21. The van der Waals surface area contributed by atoms with Crippen LogP contribution in [-0.2, 0) is 6.54 Å². The van der Waals surface area contributed by atoms with E-state index < -0.39 is 0 Å². The molecule has 0 aliphatic carbocycles. The smallest absolute Gasteiger partial charge is 0.140 e. The molecule has 4 heteroatoms. The van der Waals surface area contributed by atoms with Crippen molar-refractivity contribution in [2.24, 2.45) is 5.92 Å². The normalized spacial score (nSPS) is 24.7. The van der Waals surface area contributed by atoms with Crippen LogP contribution in [0.3, 0.4) is 0 Å². The molecule has 0 saturated carbocycles. The van der Waals surface area contributed by atoms with Gasteiger partial charge in [0.15, 0.2) is 0 Å². The summed E-state index contributed by atoms with van der Waals surface area (Å²) in [4.78, 5) is 6.32. The number of nitriles is 1. The van der Waals surface area contributed by atoms with Gasteiger partial charge in [0.25, 0.3) is 0 Å². The number of likely N-dealkylation sites (tertiary alicyclic amines) is 1. The SMILES string of the molecule is CCC1CN(Cc2ccnc(C#N)c2)CCC1O. The largest absolute Gasteiger partial charge is 0.393 e. The number of pyridine rings is 1. The third-order valence-electron chi connectivity index (χ3n) is 3.65. The molecule has 0 amide bonds. The standard InChI is InChI=1S/C14H19N3O/c1-2-12-10-17(6-4-14(12)18)9-11-3-5-16-13(7-11)8-15/h3,5,7,12,14,18H,2,4,6,9-10H2,1H3. The summed E-state index contributed by atoms with van der Waals surface area (Å²) in [6.07, 6.45) is 3.38. The van der Waals surface area contributed by atoms with Gasteiger partial charge in [-0.2, -0.15) is 5.26 Å². The molecule has 4 nitrogen and oxygen atoms in total. The Morgan fingerprint density at radius 1 is 1.61 bits per heavy atom. The minimum atomic E-state index is -0.154. The van der Waals surface area contributed by atoms with Gasteiger partial charge in [-0.25, -0.2) is 4.98 Å². The molecule has 0 spiro atoms. The quantitative estimate of drug-likeness (QED) is 0.877. The highest BCUT2D eigenvalue weighted by Gasteiger charge is 2.26. The number of piperidine rings is 1. The Balaban J connectivity index is 1.99. The van der Waals surface area contributed by atoms with E-state index in [1.807, 2.05) is 12.1 Å². The summed E-state index contributed by atoms with van der Waals surface area (Å²) in [7, 11) is 0. The zero-order chi connectivity index (χ0) is 13.0. The van der Waals surface area contributed by atoms with E-state index in [-0.39, 0.29) is 6.10 Å². The fraction of sp³-hybridized carbons (Fsp3) is 0.571. The van der Waals surface area contributed by atoms with Crippen molar-refractivity contribution in [2.45, 2.75) is 32.4 Å². The predicted octanol–water partition coefficient (Wildman–Crippen LogP) is 1.55. The van der Waals surface area contributed by atoms with Crippen LogP contribution >= 0.6 is 0 Å². The van der Waals surface area contributed by atoms with Gasteiger partial charge in [0.2, 0.25) is 0 Å². The zero-order valence-electron chi connectivity index (χ0n) is 10.7. The van der Waals surface area contributed by atoms with Gasteiger partial charge in [0, 0.05) is 25.8 Å². The highest BCUT2D eigenvalue weighted by atomic mass is 16.3. The molecular weight excluding hydrogens is 226 g/mol. The minimum absolute atomic E-state index is 0.154. The number of hydrogen-bond acceptors (Lipinski definition) is 4. The first kappa shape index (κ1) is 13.0. The molecule has 1 aliphatic heterocycles. The number of aliphatic hydroxyl groups excluding tert-OH is 1. The lowest BCUT2D eigenvalue weighted by Gasteiger charge is -2.35. The predicted molar refractivity (Wildman–Crippen MR) is 68.6 cm³/mol. The number of hydrogen-bond donors (Lipinski definition) is 1. The maximum Gasteiger partial charge on any atom is 0.140 e. The Kier molecular flexibility index (Phi) is 4.29. The van der Waals surface area contributed by atoms with Crippen LogP contribution in [0.1, 0.15) is 31.0 Å². The van der Waals surface area contributed by atoms with Crippen LogP contribution in [-0.4, -0.2) is 34.2 Å². The molecule has 0 aromatic carbocycles. The molecule has 18 heavy (non-hydrogen) atoms. The topological polar surface area (TPSA) is 60.2 Å². The van der Waals surface area contributed by atoms with E-state index in [1.165, 1.54) is 0 Å². The molecule has 2 rings (SSSR count). The van der Waals surface area contributed by atoms with Gasteiger partial charge >= 0.3 is 0 Å². The number of nitrogens with zero attached hydrogens (tertiary/aromatic N) is 3. The van der Waals surface area contributed by atoms with Crippen molar-refractivity contribution in [3.05, 3.63) is 29.6 Å². The molecule has 0 radical (unpaired) electrons. The molecular formula is C14H19N3O. The molecule has 1 N–H and O–H groups in total. The summed E-state index contributed by atoms with van der Waals surface area (Å²) in [5.41, 5.74) is 1.59. The van der Waals surface area contributed by atoms with E-state index >= 15 is 0 Å². The third kappa shape index (κ3) is 3.06. The van der Waals surface area contributed by atoms with Crippen molar-refractivity contribution in [1.29, 1.82) is 5.26 Å². The average Bonchev–Trinajstić information content (AvgIpc) is 2.41. The fourth-order valence-electron chi connectivity index (χ4n) is 2.53. The van der Waals surface area contributed by atoms with Crippen LogP contribution in [0.5, 0.6) is 0 Å². The molecule has 2 heterocycles. The molecule has 2 atom stereocenters. The Hall–Kier alpha value is -1.44. The maximum absolute atomic E-state index is 9.86. The summed E-state index contributed by atoms with van der Waals surface area (Å²) >= 11 is 0. The Morgan fingerprint density at radius 2 is 2.44 bits per heavy atom. The number of aromatic nitrogens is 1. The average molecular weight is 245 g/mol. The van der Waals surface area contributed by atoms with Crippen LogP contribution in [0.4, 0.5) is 0 Å². The van der Waals surface area contributed by atoms with Gasteiger partial charge in [-0.15, -0.1) is 0 Å². The Bertz CT molecular complexity index is 441. The molecule has 1 aromatic heterocycles. The number of rotatable bonds is 3. The second-order valence-electron chi connectivity index (χ2n) is 4.92. The van der Waals surface area contributed by atoms with Crippen LogP contribution in [0.2, 0.25) is 0 Å². The van der Waals surface area contributed by atoms with E-state index in [0.29, 0.717) is 11.6 Å². The summed E-state index contributed by atoms with van der Waals surface area (Å²) in [6, 6.07) is 5.85. The third-order valence-corrected chi connectivity index (χ3v) is 3.65. The van der Waals surface area contributed by atoms with E-state index in [9.17, 15) is 5.11 Å². The Labute approximate surface area is 108 Å². The monoisotopic (exact) mass is 245 g/mol. The van der Waals surface area contributed by atoms with Gasteiger partial charge in [0.05, 0.1) is 6.10 Å². The summed E-state index contributed by atoms with van der Waals surface area (Å²) < 4.78 is 0. The van der Waals surface area contributed by atoms with E-state index in [1.54, 1.807) is 6.20 Å². The molecule has 0 bridgehead atoms. The first-order chi connectivity index (χ1) is 8.72. The first-order valence-corrected chi connectivity index (χ1v) is 6.48. The van der Waals surface area contributed by atoms with Crippen molar-refractivity contribution in [1.82, 2.24) is 9.88 Å². The van der Waals surface area contributed by atoms with Crippen LogP contribution < -0.4 is 0 Å². The lowest BCUT2D eigenvalue weighted by Crippen LogP contribution is -2.42.